The van der Waals surface area contributed by atoms with Crippen LogP contribution < -0.4 is 11.2 Å². The number of aromatic amines is 1. The molecule has 76 valence electrons. The van der Waals surface area contributed by atoms with Crippen LogP contribution in [0.3, 0.4) is 0 Å². The van der Waals surface area contributed by atoms with E-state index in [9.17, 15) is 14.4 Å². The lowest BCUT2D eigenvalue weighted by atomic mass is 10.2. The molecule has 0 aliphatic heterocycles. The van der Waals surface area contributed by atoms with E-state index in [2.05, 4.69) is 4.98 Å². The summed E-state index contributed by atoms with van der Waals surface area (Å²) in [6.07, 6.45) is 1.70. The summed E-state index contributed by atoms with van der Waals surface area (Å²) in [6.45, 7) is 3.36. The third-order valence-electron chi connectivity index (χ3n) is 2.08. The highest BCUT2D eigenvalue weighted by atomic mass is 16.2. The predicted molar refractivity (Wildman–Crippen MR) is 51.3 cm³/mol. The summed E-state index contributed by atoms with van der Waals surface area (Å²) in [7, 11) is 0. The van der Waals surface area contributed by atoms with Gasteiger partial charge in [-0.2, -0.15) is 0 Å². The zero-order chi connectivity index (χ0) is 10.7. The number of ketones is 1. The third-order valence-corrected chi connectivity index (χ3v) is 2.08. The monoisotopic (exact) mass is 196 g/mol. The van der Waals surface area contributed by atoms with Gasteiger partial charge in [-0.15, -0.1) is 0 Å². The van der Waals surface area contributed by atoms with Gasteiger partial charge in [-0.3, -0.25) is 19.1 Å². The van der Waals surface area contributed by atoms with Gasteiger partial charge in [-0.25, -0.2) is 4.79 Å². The summed E-state index contributed by atoms with van der Waals surface area (Å²) >= 11 is 0. The molecule has 0 radical (unpaired) electrons. The molecule has 0 aliphatic rings. The average molecular weight is 196 g/mol. The molecule has 0 bridgehead atoms. The molecule has 0 spiro atoms. The van der Waals surface area contributed by atoms with Crippen molar-refractivity contribution in [2.75, 3.05) is 0 Å². The minimum Gasteiger partial charge on any atom is -0.297 e. The van der Waals surface area contributed by atoms with E-state index in [4.69, 9.17) is 0 Å². The molecule has 1 N–H and O–H groups in total. The first-order chi connectivity index (χ1) is 6.56. The van der Waals surface area contributed by atoms with Crippen molar-refractivity contribution in [3.8, 4) is 0 Å². The summed E-state index contributed by atoms with van der Waals surface area (Å²) in [6, 6.07) is 0.699. The molecule has 14 heavy (non-hydrogen) atoms. The van der Waals surface area contributed by atoms with Crippen LogP contribution in [0.4, 0.5) is 0 Å². The van der Waals surface area contributed by atoms with Crippen LogP contribution in [0.15, 0.2) is 21.9 Å². The van der Waals surface area contributed by atoms with E-state index in [-0.39, 0.29) is 5.78 Å². The normalized spacial score (nSPS) is 12.4. The van der Waals surface area contributed by atoms with Gasteiger partial charge in [0.05, 0.1) is 6.04 Å². The highest BCUT2D eigenvalue weighted by Gasteiger charge is 2.13. The lowest BCUT2D eigenvalue weighted by Crippen LogP contribution is -2.33. The quantitative estimate of drug-likeness (QED) is 0.743. The van der Waals surface area contributed by atoms with Crippen molar-refractivity contribution in [1.29, 1.82) is 0 Å². The molecular formula is C9H12N2O3. The van der Waals surface area contributed by atoms with Crippen LogP contribution in [0, 0.1) is 0 Å². The summed E-state index contributed by atoms with van der Waals surface area (Å²) in [4.78, 5) is 35.4. The number of hydrogen-bond acceptors (Lipinski definition) is 3. The topological polar surface area (TPSA) is 71.9 Å². The Morgan fingerprint density at radius 1 is 1.57 bits per heavy atom. The molecule has 0 saturated heterocycles. The van der Waals surface area contributed by atoms with E-state index < -0.39 is 17.3 Å². The van der Waals surface area contributed by atoms with Gasteiger partial charge in [-0.1, -0.05) is 6.92 Å². The molecular weight excluding hydrogens is 184 g/mol. The number of rotatable bonds is 3. The molecule has 1 atom stereocenters. The zero-order valence-electron chi connectivity index (χ0n) is 8.11. The van der Waals surface area contributed by atoms with Crippen LogP contribution >= 0.6 is 0 Å². The molecule has 0 aliphatic carbocycles. The highest BCUT2D eigenvalue weighted by Crippen LogP contribution is 2.04. The van der Waals surface area contributed by atoms with Gasteiger partial charge in [0.2, 0.25) is 0 Å². The van der Waals surface area contributed by atoms with Crippen LogP contribution in [-0.2, 0) is 4.79 Å². The third kappa shape index (κ3) is 1.99. The first kappa shape index (κ1) is 10.4. The molecule has 1 unspecified atom stereocenters. The fourth-order valence-electron chi connectivity index (χ4n) is 1.18. The smallest absolute Gasteiger partial charge is 0.297 e. The van der Waals surface area contributed by atoms with Crippen molar-refractivity contribution in [3.63, 3.8) is 0 Å². The van der Waals surface area contributed by atoms with Crippen LogP contribution in [0.1, 0.15) is 26.3 Å². The van der Waals surface area contributed by atoms with E-state index in [1.807, 2.05) is 0 Å². The molecule has 0 aromatic carbocycles. The number of nitrogens with one attached hydrogen (secondary N) is 1. The van der Waals surface area contributed by atoms with Gasteiger partial charge in [0.15, 0.2) is 5.78 Å². The Morgan fingerprint density at radius 2 is 2.21 bits per heavy atom. The van der Waals surface area contributed by atoms with Gasteiger partial charge < -0.3 is 0 Å². The van der Waals surface area contributed by atoms with Crippen LogP contribution in [-0.4, -0.2) is 15.3 Å². The minimum atomic E-state index is -0.549. The molecule has 0 amide bonds. The second-order valence-corrected chi connectivity index (χ2v) is 3.01. The van der Waals surface area contributed by atoms with Crippen molar-refractivity contribution >= 4 is 5.78 Å². The van der Waals surface area contributed by atoms with Crippen molar-refractivity contribution < 1.29 is 4.79 Å². The highest BCUT2D eigenvalue weighted by molar-refractivity contribution is 5.81. The standard InChI is InChI=1S/C9H12N2O3/c1-3-7(12)6(2)11-5-4-8(13)10-9(11)14/h4-6H,3H2,1-2H3,(H,10,13,14). The van der Waals surface area contributed by atoms with Crippen molar-refractivity contribution in [2.45, 2.75) is 26.3 Å². The summed E-state index contributed by atoms with van der Waals surface area (Å²) in [5.41, 5.74) is -1.01. The lowest BCUT2D eigenvalue weighted by molar-refractivity contribution is -0.121. The van der Waals surface area contributed by atoms with Crippen LogP contribution in [0.5, 0.6) is 0 Å². The molecule has 0 saturated carbocycles. The molecule has 1 aromatic rings. The second-order valence-electron chi connectivity index (χ2n) is 3.01. The number of carbonyl (C=O) groups is 1. The molecule has 5 heteroatoms. The Kier molecular flexibility index (Phi) is 3.01. The van der Waals surface area contributed by atoms with Crippen molar-refractivity contribution in [2.24, 2.45) is 0 Å². The fourth-order valence-corrected chi connectivity index (χ4v) is 1.18. The molecule has 1 heterocycles. The number of Topliss-reactive ketones (excluding diaryl/α,β-unsaturated/α-hetero) is 1. The second kappa shape index (κ2) is 4.04. The average Bonchev–Trinajstić information content (AvgIpc) is 2.15. The van der Waals surface area contributed by atoms with Gasteiger partial charge in [-0.05, 0) is 6.92 Å². The largest absolute Gasteiger partial charge is 0.328 e. The van der Waals surface area contributed by atoms with E-state index in [1.54, 1.807) is 13.8 Å². The first-order valence-electron chi connectivity index (χ1n) is 4.40. The van der Waals surface area contributed by atoms with Gasteiger partial charge in [0.25, 0.3) is 5.56 Å². The van der Waals surface area contributed by atoms with Crippen molar-refractivity contribution in [3.05, 3.63) is 33.1 Å². The number of nitrogens with zero attached hydrogens (tertiary/aromatic N) is 1. The first-order valence-corrected chi connectivity index (χ1v) is 4.40. The van der Waals surface area contributed by atoms with Crippen molar-refractivity contribution in [1.82, 2.24) is 9.55 Å². The number of H-pyrrole nitrogens is 1. The Bertz CT molecular complexity index is 444. The minimum absolute atomic E-state index is 0.0425. The predicted octanol–water partition coefficient (Wildman–Crippen LogP) is 0.0767. The van der Waals surface area contributed by atoms with Gasteiger partial charge >= 0.3 is 5.69 Å². The number of hydrogen-bond donors (Lipinski definition) is 1. The maximum absolute atomic E-state index is 11.3. The SMILES string of the molecule is CCC(=O)C(C)n1ccc(=O)[nH]c1=O. The maximum atomic E-state index is 11.3. The molecule has 0 fully saturated rings. The molecule has 1 aromatic heterocycles. The Hall–Kier alpha value is -1.65. The lowest BCUT2D eigenvalue weighted by Gasteiger charge is -2.11. The fraction of sp³-hybridized carbons (Fsp3) is 0.444. The Morgan fingerprint density at radius 3 is 2.71 bits per heavy atom. The van der Waals surface area contributed by atoms with Crippen LogP contribution in [0.2, 0.25) is 0 Å². The summed E-state index contributed by atoms with van der Waals surface area (Å²) in [5, 5.41) is 0. The van der Waals surface area contributed by atoms with E-state index >= 15 is 0 Å². The zero-order valence-corrected chi connectivity index (χ0v) is 8.11. The number of carbonyl (C=O) groups excluding carboxylic acids is 1. The number of aromatic nitrogens is 2. The summed E-state index contributed by atoms with van der Waals surface area (Å²) < 4.78 is 1.22. The van der Waals surface area contributed by atoms with Crippen LogP contribution in [0.25, 0.3) is 0 Å². The Balaban J connectivity index is 3.14. The maximum Gasteiger partial charge on any atom is 0.328 e. The van der Waals surface area contributed by atoms with E-state index in [1.165, 1.54) is 16.8 Å². The van der Waals surface area contributed by atoms with E-state index in [0.29, 0.717) is 6.42 Å². The Labute approximate surface area is 80.4 Å². The summed E-state index contributed by atoms with van der Waals surface area (Å²) in [5.74, 6) is -0.0425. The molecule has 5 nitrogen and oxygen atoms in total. The van der Waals surface area contributed by atoms with E-state index in [0.717, 1.165) is 0 Å². The molecule has 1 rings (SSSR count). The van der Waals surface area contributed by atoms with Gasteiger partial charge in [0, 0.05) is 18.7 Å². The van der Waals surface area contributed by atoms with Gasteiger partial charge in [0.1, 0.15) is 0 Å².